The second kappa shape index (κ2) is 6.36. The van der Waals surface area contributed by atoms with Crippen molar-refractivity contribution in [3.8, 4) is 0 Å². The lowest BCUT2D eigenvalue weighted by Gasteiger charge is -2.22. The molecule has 1 amide bonds. The third-order valence-electron chi connectivity index (χ3n) is 2.08. The quantitative estimate of drug-likeness (QED) is 0.546. The lowest BCUT2D eigenvalue weighted by Crippen LogP contribution is -2.41. The van der Waals surface area contributed by atoms with E-state index in [4.69, 9.17) is 9.84 Å². The van der Waals surface area contributed by atoms with Crippen LogP contribution in [0.2, 0.25) is 0 Å². The van der Waals surface area contributed by atoms with Crippen LogP contribution >= 0.6 is 0 Å². The van der Waals surface area contributed by atoms with Crippen LogP contribution in [0, 0.1) is 0 Å². The van der Waals surface area contributed by atoms with Gasteiger partial charge in [-0.25, -0.2) is 0 Å². The van der Waals surface area contributed by atoms with Gasteiger partial charge in [0.1, 0.15) is 0 Å². The SMILES string of the molecule is O=C(O)CCNC(=O)CC1CNCCO1. The highest BCUT2D eigenvalue weighted by molar-refractivity contribution is 5.77. The highest BCUT2D eigenvalue weighted by Crippen LogP contribution is 2.00. The predicted octanol–water partition coefficient (Wildman–Crippen LogP) is -1.04. The van der Waals surface area contributed by atoms with Gasteiger partial charge in [0.05, 0.1) is 25.6 Å². The minimum Gasteiger partial charge on any atom is -0.481 e. The van der Waals surface area contributed by atoms with Gasteiger partial charge in [-0.2, -0.15) is 0 Å². The van der Waals surface area contributed by atoms with Crippen LogP contribution < -0.4 is 10.6 Å². The van der Waals surface area contributed by atoms with E-state index in [9.17, 15) is 9.59 Å². The maximum atomic E-state index is 11.3. The molecule has 0 aromatic rings. The van der Waals surface area contributed by atoms with Crippen LogP contribution in [-0.4, -0.2) is 49.3 Å². The maximum Gasteiger partial charge on any atom is 0.305 e. The van der Waals surface area contributed by atoms with Crippen LogP contribution in [0.1, 0.15) is 12.8 Å². The molecule has 15 heavy (non-hydrogen) atoms. The molecule has 0 aromatic heterocycles. The molecular formula is C9H16N2O4. The summed E-state index contributed by atoms with van der Waals surface area (Å²) in [5, 5.41) is 14.0. The molecule has 1 rings (SSSR count). The summed E-state index contributed by atoms with van der Waals surface area (Å²) in [6, 6.07) is 0. The van der Waals surface area contributed by atoms with Gasteiger partial charge >= 0.3 is 5.97 Å². The van der Waals surface area contributed by atoms with Crippen LogP contribution in [0.5, 0.6) is 0 Å². The number of hydrogen-bond acceptors (Lipinski definition) is 4. The molecule has 6 heteroatoms. The maximum absolute atomic E-state index is 11.3. The zero-order valence-corrected chi connectivity index (χ0v) is 8.49. The van der Waals surface area contributed by atoms with E-state index < -0.39 is 5.97 Å². The van der Waals surface area contributed by atoms with E-state index in [1.54, 1.807) is 0 Å². The van der Waals surface area contributed by atoms with Crippen molar-refractivity contribution in [2.24, 2.45) is 0 Å². The summed E-state index contributed by atoms with van der Waals surface area (Å²) in [5.74, 6) is -1.07. The Morgan fingerprint density at radius 1 is 1.53 bits per heavy atom. The number of hydrogen-bond donors (Lipinski definition) is 3. The lowest BCUT2D eigenvalue weighted by molar-refractivity contribution is -0.136. The van der Waals surface area contributed by atoms with Gasteiger partial charge in [-0.05, 0) is 0 Å². The highest BCUT2D eigenvalue weighted by Gasteiger charge is 2.16. The topological polar surface area (TPSA) is 87.7 Å². The molecule has 6 nitrogen and oxygen atoms in total. The molecule has 1 aliphatic rings. The fourth-order valence-corrected chi connectivity index (χ4v) is 1.34. The summed E-state index contributed by atoms with van der Waals surface area (Å²) in [6.45, 7) is 2.28. The number of carboxylic acids is 1. The summed E-state index contributed by atoms with van der Waals surface area (Å²) < 4.78 is 5.34. The van der Waals surface area contributed by atoms with Crippen molar-refractivity contribution in [3.63, 3.8) is 0 Å². The number of nitrogens with one attached hydrogen (secondary N) is 2. The first-order valence-corrected chi connectivity index (χ1v) is 4.99. The fourth-order valence-electron chi connectivity index (χ4n) is 1.34. The minimum absolute atomic E-state index is 0.0461. The Morgan fingerprint density at radius 2 is 2.33 bits per heavy atom. The second-order valence-electron chi connectivity index (χ2n) is 3.39. The molecule has 1 atom stereocenters. The third-order valence-corrected chi connectivity index (χ3v) is 2.08. The van der Waals surface area contributed by atoms with Gasteiger partial charge in [0.25, 0.3) is 0 Å². The Bertz CT molecular complexity index is 226. The summed E-state index contributed by atoms with van der Waals surface area (Å²) in [6.07, 6.45) is 0.144. The summed E-state index contributed by atoms with van der Waals surface area (Å²) in [7, 11) is 0. The highest BCUT2D eigenvalue weighted by atomic mass is 16.5. The first kappa shape index (κ1) is 11.9. The number of amides is 1. The molecule has 0 aliphatic carbocycles. The number of aliphatic carboxylic acids is 1. The zero-order valence-electron chi connectivity index (χ0n) is 8.49. The van der Waals surface area contributed by atoms with Gasteiger partial charge in [-0.15, -0.1) is 0 Å². The van der Waals surface area contributed by atoms with E-state index in [1.807, 2.05) is 0 Å². The van der Waals surface area contributed by atoms with Crippen LogP contribution in [0.15, 0.2) is 0 Å². The van der Waals surface area contributed by atoms with Gasteiger partial charge < -0.3 is 20.5 Å². The molecule has 1 fully saturated rings. The summed E-state index contributed by atoms with van der Waals surface area (Å²) in [5.41, 5.74) is 0. The molecule has 0 saturated carbocycles. The molecule has 0 bridgehead atoms. The summed E-state index contributed by atoms with van der Waals surface area (Å²) in [4.78, 5) is 21.5. The van der Waals surface area contributed by atoms with Crippen molar-refractivity contribution in [2.45, 2.75) is 18.9 Å². The first-order valence-electron chi connectivity index (χ1n) is 4.99. The van der Waals surface area contributed by atoms with Crippen LogP contribution in [-0.2, 0) is 14.3 Å². The van der Waals surface area contributed by atoms with Gasteiger partial charge in [0.2, 0.25) is 5.91 Å². The number of morpholine rings is 1. The van der Waals surface area contributed by atoms with E-state index in [0.717, 1.165) is 6.54 Å². The molecule has 1 saturated heterocycles. The van der Waals surface area contributed by atoms with E-state index >= 15 is 0 Å². The molecule has 0 spiro atoms. The van der Waals surface area contributed by atoms with E-state index in [-0.39, 0.29) is 31.4 Å². The standard InChI is InChI=1S/C9H16N2O4/c12-8(11-2-1-9(13)14)5-7-6-10-3-4-15-7/h7,10H,1-6H2,(H,11,12)(H,13,14). The average molecular weight is 216 g/mol. The van der Waals surface area contributed by atoms with Gasteiger partial charge in [-0.3, -0.25) is 9.59 Å². The Balaban J connectivity index is 2.09. The first-order chi connectivity index (χ1) is 7.18. The predicted molar refractivity (Wildman–Crippen MR) is 52.5 cm³/mol. The number of carbonyl (C=O) groups excluding carboxylic acids is 1. The zero-order chi connectivity index (χ0) is 11.1. The number of ether oxygens (including phenoxy) is 1. The van der Waals surface area contributed by atoms with Crippen LogP contribution in [0.25, 0.3) is 0 Å². The van der Waals surface area contributed by atoms with Crippen molar-refractivity contribution in [1.82, 2.24) is 10.6 Å². The van der Waals surface area contributed by atoms with Crippen molar-refractivity contribution < 1.29 is 19.4 Å². The van der Waals surface area contributed by atoms with Crippen molar-refractivity contribution in [2.75, 3.05) is 26.2 Å². The molecule has 0 aromatic carbocycles. The molecule has 0 radical (unpaired) electrons. The third kappa shape index (κ3) is 5.34. The van der Waals surface area contributed by atoms with Gasteiger partial charge in [-0.1, -0.05) is 0 Å². The van der Waals surface area contributed by atoms with E-state index in [2.05, 4.69) is 10.6 Å². The Labute approximate surface area is 88.0 Å². The number of carboxylic acid groups (broad SMARTS) is 1. The molecule has 1 heterocycles. The van der Waals surface area contributed by atoms with E-state index in [1.165, 1.54) is 0 Å². The van der Waals surface area contributed by atoms with Crippen molar-refractivity contribution in [1.29, 1.82) is 0 Å². The number of carbonyl (C=O) groups is 2. The Kier molecular flexibility index (Phi) is 5.06. The smallest absolute Gasteiger partial charge is 0.305 e. The average Bonchev–Trinajstić information content (AvgIpc) is 2.18. The minimum atomic E-state index is -0.911. The van der Waals surface area contributed by atoms with Crippen molar-refractivity contribution in [3.05, 3.63) is 0 Å². The number of rotatable bonds is 5. The van der Waals surface area contributed by atoms with Gasteiger partial charge in [0, 0.05) is 19.6 Å². The molecular weight excluding hydrogens is 200 g/mol. The Hall–Kier alpha value is -1.14. The van der Waals surface area contributed by atoms with Crippen LogP contribution in [0.4, 0.5) is 0 Å². The molecule has 86 valence electrons. The van der Waals surface area contributed by atoms with E-state index in [0.29, 0.717) is 13.2 Å². The molecule has 1 unspecified atom stereocenters. The largest absolute Gasteiger partial charge is 0.481 e. The monoisotopic (exact) mass is 216 g/mol. The fraction of sp³-hybridized carbons (Fsp3) is 0.778. The normalized spacial score (nSPS) is 20.9. The second-order valence-corrected chi connectivity index (χ2v) is 3.39. The Morgan fingerprint density at radius 3 is 2.93 bits per heavy atom. The van der Waals surface area contributed by atoms with Gasteiger partial charge in [0.15, 0.2) is 0 Å². The molecule has 3 N–H and O–H groups in total. The van der Waals surface area contributed by atoms with Crippen molar-refractivity contribution >= 4 is 11.9 Å². The van der Waals surface area contributed by atoms with Crippen LogP contribution in [0.3, 0.4) is 0 Å². The summed E-state index contributed by atoms with van der Waals surface area (Å²) >= 11 is 0. The molecule has 1 aliphatic heterocycles. The lowest BCUT2D eigenvalue weighted by atomic mass is 10.2.